The minimum absolute atomic E-state index is 0.0384. The lowest BCUT2D eigenvalue weighted by Crippen LogP contribution is -2.26. The number of nitrogens with one attached hydrogen (secondary N) is 1. The van der Waals surface area contributed by atoms with E-state index in [-0.39, 0.29) is 18.1 Å². The Morgan fingerprint density at radius 1 is 1.20 bits per heavy atom. The highest BCUT2D eigenvalue weighted by Crippen LogP contribution is 2.18. The number of aryl methyl sites for hydroxylation is 1. The third kappa shape index (κ3) is 4.83. The molecule has 0 aromatic heterocycles. The maximum atomic E-state index is 12.4. The molecule has 2 unspecified atom stereocenters. The lowest BCUT2D eigenvalue weighted by Gasteiger charge is -2.15. The van der Waals surface area contributed by atoms with E-state index in [1.807, 2.05) is 31.2 Å². The molecule has 4 nitrogen and oxygen atoms in total. The molecule has 1 fully saturated rings. The van der Waals surface area contributed by atoms with E-state index in [9.17, 15) is 4.79 Å². The van der Waals surface area contributed by atoms with Crippen LogP contribution in [0.25, 0.3) is 0 Å². The molecule has 1 aliphatic rings. The Balaban J connectivity index is 1.53. The fourth-order valence-electron chi connectivity index (χ4n) is 2.89. The van der Waals surface area contributed by atoms with Crippen LogP contribution in [0.5, 0.6) is 5.75 Å². The van der Waals surface area contributed by atoms with Crippen LogP contribution in [0.1, 0.15) is 47.3 Å². The molecule has 0 saturated carbocycles. The molecule has 1 aliphatic heterocycles. The van der Waals surface area contributed by atoms with Crippen LogP contribution in [-0.2, 0) is 4.74 Å². The van der Waals surface area contributed by atoms with Crippen LogP contribution in [0.3, 0.4) is 0 Å². The standard InChI is InChI=1S/C21H25NO3/c1-15-5-7-17(8-6-15)16(2)22-21(23)18-9-11-19(12-10-18)25-14-20-4-3-13-24-20/h5-12,16,20H,3-4,13-14H2,1-2H3,(H,22,23). The lowest BCUT2D eigenvalue weighted by molar-refractivity contribution is 0.0679. The van der Waals surface area contributed by atoms with Gasteiger partial charge in [0.15, 0.2) is 0 Å². The average molecular weight is 339 g/mol. The van der Waals surface area contributed by atoms with Gasteiger partial charge >= 0.3 is 0 Å². The first-order valence-electron chi connectivity index (χ1n) is 8.84. The highest BCUT2D eigenvalue weighted by atomic mass is 16.5. The maximum Gasteiger partial charge on any atom is 0.251 e. The Morgan fingerprint density at radius 3 is 2.56 bits per heavy atom. The van der Waals surface area contributed by atoms with E-state index in [0.717, 1.165) is 30.8 Å². The number of ether oxygens (including phenoxy) is 2. The predicted molar refractivity (Wildman–Crippen MR) is 98.0 cm³/mol. The Labute approximate surface area is 149 Å². The normalized spacial score (nSPS) is 17.9. The quantitative estimate of drug-likeness (QED) is 0.864. The van der Waals surface area contributed by atoms with Crippen LogP contribution in [0.2, 0.25) is 0 Å². The maximum absolute atomic E-state index is 12.4. The van der Waals surface area contributed by atoms with Crippen LogP contribution in [0.15, 0.2) is 48.5 Å². The predicted octanol–water partition coefficient (Wildman–Crippen LogP) is 4.04. The van der Waals surface area contributed by atoms with Crippen molar-refractivity contribution in [3.05, 3.63) is 65.2 Å². The molecule has 1 N–H and O–H groups in total. The first-order chi connectivity index (χ1) is 12.1. The molecule has 2 atom stereocenters. The van der Waals surface area contributed by atoms with Gasteiger partial charge in [0.25, 0.3) is 5.91 Å². The van der Waals surface area contributed by atoms with Crippen molar-refractivity contribution >= 4 is 5.91 Å². The molecule has 0 bridgehead atoms. The van der Waals surface area contributed by atoms with E-state index in [1.54, 1.807) is 12.1 Å². The van der Waals surface area contributed by atoms with Crippen molar-refractivity contribution < 1.29 is 14.3 Å². The van der Waals surface area contributed by atoms with E-state index in [0.29, 0.717) is 12.2 Å². The molecular formula is C21H25NO3. The molecule has 0 radical (unpaired) electrons. The fourth-order valence-corrected chi connectivity index (χ4v) is 2.89. The summed E-state index contributed by atoms with van der Waals surface area (Å²) in [5.74, 6) is 0.678. The number of rotatable bonds is 6. The van der Waals surface area contributed by atoms with Gasteiger partial charge in [-0.2, -0.15) is 0 Å². The minimum Gasteiger partial charge on any atom is -0.491 e. The average Bonchev–Trinajstić information content (AvgIpc) is 3.14. The highest BCUT2D eigenvalue weighted by Gasteiger charge is 2.16. The second-order valence-electron chi connectivity index (χ2n) is 6.58. The van der Waals surface area contributed by atoms with Crippen molar-refractivity contribution in [3.8, 4) is 5.75 Å². The van der Waals surface area contributed by atoms with Gasteiger partial charge in [-0.3, -0.25) is 4.79 Å². The molecule has 2 aromatic rings. The number of benzene rings is 2. The Kier molecular flexibility index (Phi) is 5.71. The van der Waals surface area contributed by atoms with Crippen LogP contribution in [0, 0.1) is 6.92 Å². The van der Waals surface area contributed by atoms with Crippen molar-refractivity contribution in [2.24, 2.45) is 0 Å². The van der Waals surface area contributed by atoms with Gasteiger partial charge in [-0.15, -0.1) is 0 Å². The van der Waals surface area contributed by atoms with Crippen LogP contribution >= 0.6 is 0 Å². The van der Waals surface area contributed by atoms with Crippen molar-refractivity contribution in [1.29, 1.82) is 0 Å². The van der Waals surface area contributed by atoms with Crippen LogP contribution in [0.4, 0.5) is 0 Å². The van der Waals surface area contributed by atoms with Crippen LogP contribution < -0.4 is 10.1 Å². The summed E-state index contributed by atoms with van der Waals surface area (Å²) in [6.07, 6.45) is 2.35. The van der Waals surface area contributed by atoms with Gasteiger partial charge in [0.2, 0.25) is 0 Å². The third-order valence-corrected chi connectivity index (χ3v) is 4.50. The SMILES string of the molecule is Cc1ccc(C(C)NC(=O)c2ccc(OCC3CCCO3)cc2)cc1. The van der Waals surface area contributed by atoms with Gasteiger partial charge in [0, 0.05) is 12.2 Å². The third-order valence-electron chi connectivity index (χ3n) is 4.50. The Bertz CT molecular complexity index is 688. The van der Waals surface area contributed by atoms with E-state index < -0.39 is 0 Å². The first kappa shape index (κ1) is 17.5. The van der Waals surface area contributed by atoms with Crippen molar-refractivity contribution in [1.82, 2.24) is 5.32 Å². The van der Waals surface area contributed by atoms with Gasteiger partial charge in [-0.1, -0.05) is 29.8 Å². The number of carbonyl (C=O) groups is 1. The highest BCUT2D eigenvalue weighted by molar-refractivity contribution is 5.94. The molecule has 1 saturated heterocycles. The monoisotopic (exact) mass is 339 g/mol. The van der Waals surface area contributed by atoms with Crippen molar-refractivity contribution in [2.75, 3.05) is 13.2 Å². The van der Waals surface area contributed by atoms with E-state index in [1.165, 1.54) is 5.56 Å². The zero-order valence-corrected chi connectivity index (χ0v) is 14.8. The number of amides is 1. The van der Waals surface area contributed by atoms with Gasteiger partial charge in [-0.25, -0.2) is 0 Å². The van der Waals surface area contributed by atoms with E-state index >= 15 is 0 Å². The molecule has 0 aliphatic carbocycles. The summed E-state index contributed by atoms with van der Waals surface area (Å²) >= 11 is 0. The van der Waals surface area contributed by atoms with Gasteiger partial charge in [-0.05, 0) is 56.5 Å². The minimum atomic E-state index is -0.0845. The molecule has 0 spiro atoms. The largest absolute Gasteiger partial charge is 0.491 e. The zero-order chi connectivity index (χ0) is 17.6. The Morgan fingerprint density at radius 2 is 1.92 bits per heavy atom. The van der Waals surface area contributed by atoms with Crippen molar-refractivity contribution in [2.45, 2.75) is 38.8 Å². The molecule has 1 amide bonds. The summed E-state index contributed by atoms with van der Waals surface area (Å²) in [6.45, 7) is 5.43. The number of hydrogen-bond acceptors (Lipinski definition) is 3. The summed E-state index contributed by atoms with van der Waals surface area (Å²) in [7, 11) is 0. The second-order valence-corrected chi connectivity index (χ2v) is 6.58. The zero-order valence-electron chi connectivity index (χ0n) is 14.8. The summed E-state index contributed by atoms with van der Waals surface area (Å²) < 4.78 is 11.3. The summed E-state index contributed by atoms with van der Waals surface area (Å²) in [5, 5.41) is 3.03. The van der Waals surface area contributed by atoms with E-state index in [4.69, 9.17) is 9.47 Å². The number of carbonyl (C=O) groups excluding carboxylic acids is 1. The van der Waals surface area contributed by atoms with Gasteiger partial charge in [0.1, 0.15) is 12.4 Å². The summed E-state index contributed by atoms with van der Waals surface area (Å²) in [5.41, 5.74) is 2.93. The Hall–Kier alpha value is -2.33. The van der Waals surface area contributed by atoms with E-state index in [2.05, 4.69) is 24.4 Å². The lowest BCUT2D eigenvalue weighted by atomic mass is 10.1. The first-order valence-corrected chi connectivity index (χ1v) is 8.84. The molecule has 25 heavy (non-hydrogen) atoms. The van der Waals surface area contributed by atoms with Crippen LogP contribution in [-0.4, -0.2) is 25.2 Å². The molecule has 3 rings (SSSR count). The molecule has 4 heteroatoms. The van der Waals surface area contributed by atoms with Gasteiger partial charge < -0.3 is 14.8 Å². The molecular weight excluding hydrogens is 314 g/mol. The van der Waals surface area contributed by atoms with Crippen molar-refractivity contribution in [3.63, 3.8) is 0 Å². The molecule has 2 aromatic carbocycles. The second kappa shape index (κ2) is 8.17. The molecule has 1 heterocycles. The molecule has 132 valence electrons. The fraction of sp³-hybridized carbons (Fsp3) is 0.381. The van der Waals surface area contributed by atoms with Gasteiger partial charge in [0.05, 0.1) is 12.1 Å². The smallest absolute Gasteiger partial charge is 0.251 e. The topological polar surface area (TPSA) is 47.6 Å². The number of hydrogen-bond donors (Lipinski definition) is 1. The summed E-state index contributed by atoms with van der Waals surface area (Å²) in [4.78, 5) is 12.4. The summed E-state index contributed by atoms with van der Waals surface area (Å²) in [6, 6.07) is 15.4.